The van der Waals surface area contributed by atoms with E-state index < -0.39 is 5.97 Å². The summed E-state index contributed by atoms with van der Waals surface area (Å²) in [5, 5.41) is 3.22. The molecule has 6 heteroatoms. The highest BCUT2D eigenvalue weighted by molar-refractivity contribution is 7.13. The monoisotopic (exact) mass is 283 g/mol. The zero-order valence-electron chi connectivity index (χ0n) is 9.55. The molecule has 4 nitrogen and oxygen atoms in total. The summed E-state index contributed by atoms with van der Waals surface area (Å²) in [6.07, 6.45) is 1.71. The van der Waals surface area contributed by atoms with Crippen LogP contribution in [0.1, 0.15) is 0 Å². The minimum absolute atomic E-state index is 0.158. The van der Waals surface area contributed by atoms with E-state index >= 15 is 0 Å². The third-order valence-electron chi connectivity index (χ3n) is 2.18. The molecule has 0 aliphatic heterocycles. The minimum Gasteiger partial charge on any atom is -0.481 e. The number of benzene rings is 1. The lowest BCUT2D eigenvalue weighted by Crippen LogP contribution is -2.12. The van der Waals surface area contributed by atoms with Gasteiger partial charge in [-0.25, -0.2) is 9.78 Å². The highest BCUT2D eigenvalue weighted by Gasteiger charge is 2.11. The molecule has 0 spiro atoms. The Hall–Kier alpha value is -1.59. The molecule has 0 aliphatic rings. The van der Waals surface area contributed by atoms with E-state index in [-0.39, 0.29) is 6.61 Å². The van der Waals surface area contributed by atoms with Crippen LogP contribution in [-0.4, -0.2) is 24.7 Å². The van der Waals surface area contributed by atoms with E-state index in [1.807, 2.05) is 11.4 Å². The lowest BCUT2D eigenvalue weighted by Gasteiger charge is -2.09. The van der Waals surface area contributed by atoms with Gasteiger partial charge in [-0.1, -0.05) is 11.6 Å². The molecule has 0 radical (unpaired) electrons. The number of rotatable bonds is 4. The first-order valence-corrected chi connectivity index (χ1v) is 6.35. The van der Waals surface area contributed by atoms with Crippen LogP contribution in [0.4, 0.5) is 0 Å². The Morgan fingerprint density at radius 1 is 1.50 bits per heavy atom. The third-order valence-corrected chi connectivity index (χ3v) is 3.22. The number of aromatic nitrogens is 1. The molecule has 0 aliphatic carbocycles. The summed E-state index contributed by atoms with van der Waals surface area (Å²) >= 11 is 7.40. The Morgan fingerprint density at radius 3 is 3.00 bits per heavy atom. The van der Waals surface area contributed by atoms with E-state index in [2.05, 4.69) is 9.72 Å². The second kappa shape index (κ2) is 5.84. The van der Waals surface area contributed by atoms with Gasteiger partial charge < -0.3 is 9.47 Å². The van der Waals surface area contributed by atoms with Crippen LogP contribution in [0.3, 0.4) is 0 Å². The zero-order valence-corrected chi connectivity index (χ0v) is 11.1. The summed E-state index contributed by atoms with van der Waals surface area (Å²) in [5.41, 5.74) is 0.804. The Bertz CT molecular complexity index is 542. The van der Waals surface area contributed by atoms with E-state index in [4.69, 9.17) is 16.3 Å². The molecule has 0 bridgehead atoms. The van der Waals surface area contributed by atoms with Gasteiger partial charge in [-0.05, 0) is 18.2 Å². The molecule has 0 saturated heterocycles. The van der Waals surface area contributed by atoms with Gasteiger partial charge >= 0.3 is 5.97 Å². The van der Waals surface area contributed by atoms with Crippen LogP contribution in [0.2, 0.25) is 5.02 Å². The normalized spacial score (nSPS) is 10.1. The summed E-state index contributed by atoms with van der Waals surface area (Å²) < 4.78 is 9.92. The molecule has 0 unspecified atom stereocenters. The Morgan fingerprint density at radius 2 is 2.33 bits per heavy atom. The standard InChI is InChI=1S/C12H10ClNO3S/c1-16-11(15)7-17-10-6-8(13)2-3-9(10)12-14-4-5-18-12/h2-6H,7H2,1H3. The molecule has 1 heterocycles. The van der Waals surface area contributed by atoms with Crippen molar-refractivity contribution in [1.29, 1.82) is 0 Å². The molecule has 0 N–H and O–H groups in total. The van der Waals surface area contributed by atoms with Crippen LogP contribution in [-0.2, 0) is 9.53 Å². The maximum absolute atomic E-state index is 11.1. The zero-order chi connectivity index (χ0) is 13.0. The summed E-state index contributed by atoms with van der Waals surface area (Å²) in [5.74, 6) is 0.0721. The molecule has 1 aromatic carbocycles. The van der Waals surface area contributed by atoms with Gasteiger partial charge in [0.15, 0.2) is 6.61 Å². The molecule has 2 rings (SSSR count). The lowest BCUT2D eigenvalue weighted by atomic mass is 10.2. The number of esters is 1. The number of nitrogens with zero attached hydrogens (tertiary/aromatic N) is 1. The predicted molar refractivity (Wildman–Crippen MR) is 70.1 cm³/mol. The number of ether oxygens (including phenoxy) is 2. The maximum Gasteiger partial charge on any atom is 0.343 e. The number of methoxy groups -OCH3 is 1. The molecule has 0 saturated carbocycles. The number of hydrogen-bond donors (Lipinski definition) is 0. The molecular formula is C12H10ClNO3S. The topological polar surface area (TPSA) is 48.4 Å². The largest absolute Gasteiger partial charge is 0.481 e. The van der Waals surface area contributed by atoms with Crippen LogP contribution in [0.15, 0.2) is 29.8 Å². The summed E-state index contributed by atoms with van der Waals surface area (Å²) in [4.78, 5) is 15.3. The van der Waals surface area contributed by atoms with E-state index in [0.29, 0.717) is 10.8 Å². The highest BCUT2D eigenvalue weighted by atomic mass is 35.5. The van der Waals surface area contributed by atoms with Gasteiger partial charge in [0, 0.05) is 16.6 Å². The number of hydrogen-bond acceptors (Lipinski definition) is 5. The summed E-state index contributed by atoms with van der Waals surface area (Å²) in [6.45, 7) is -0.158. The molecule has 0 amide bonds. The minimum atomic E-state index is -0.444. The summed E-state index contributed by atoms with van der Waals surface area (Å²) in [7, 11) is 1.31. The maximum atomic E-state index is 11.1. The molecule has 1 aromatic heterocycles. The fourth-order valence-corrected chi connectivity index (χ4v) is 2.17. The van der Waals surface area contributed by atoms with Crippen molar-refractivity contribution in [3.8, 4) is 16.3 Å². The lowest BCUT2D eigenvalue weighted by molar-refractivity contribution is -0.142. The van der Waals surface area contributed by atoms with E-state index in [0.717, 1.165) is 10.6 Å². The van der Waals surface area contributed by atoms with Gasteiger partial charge in [0.25, 0.3) is 0 Å². The fourth-order valence-electron chi connectivity index (χ4n) is 1.34. The SMILES string of the molecule is COC(=O)COc1cc(Cl)ccc1-c1nccs1. The van der Waals surface area contributed by atoms with Crippen molar-refractivity contribution in [3.63, 3.8) is 0 Å². The highest BCUT2D eigenvalue weighted by Crippen LogP contribution is 2.33. The van der Waals surface area contributed by atoms with Gasteiger partial charge in [-0.15, -0.1) is 11.3 Å². The first-order chi connectivity index (χ1) is 8.70. The molecule has 0 atom stereocenters. The van der Waals surface area contributed by atoms with E-state index in [1.165, 1.54) is 18.4 Å². The smallest absolute Gasteiger partial charge is 0.343 e. The Kier molecular flexibility index (Phi) is 4.17. The van der Waals surface area contributed by atoms with Gasteiger partial charge in [0.2, 0.25) is 0 Å². The van der Waals surface area contributed by atoms with Crippen molar-refractivity contribution >= 4 is 28.9 Å². The van der Waals surface area contributed by atoms with Gasteiger partial charge in [0.1, 0.15) is 10.8 Å². The van der Waals surface area contributed by atoms with Crippen molar-refractivity contribution in [1.82, 2.24) is 4.98 Å². The average molecular weight is 284 g/mol. The third kappa shape index (κ3) is 3.00. The molecular weight excluding hydrogens is 274 g/mol. The van der Waals surface area contributed by atoms with Crippen LogP contribution in [0.25, 0.3) is 10.6 Å². The van der Waals surface area contributed by atoms with Gasteiger partial charge in [0.05, 0.1) is 12.7 Å². The van der Waals surface area contributed by atoms with Crippen molar-refractivity contribution < 1.29 is 14.3 Å². The van der Waals surface area contributed by atoms with Crippen LogP contribution in [0, 0.1) is 0 Å². The fraction of sp³-hybridized carbons (Fsp3) is 0.167. The second-order valence-corrected chi connectivity index (χ2v) is 4.67. The Balaban J connectivity index is 2.27. The van der Waals surface area contributed by atoms with Crippen molar-refractivity contribution in [2.75, 3.05) is 13.7 Å². The number of halogens is 1. The van der Waals surface area contributed by atoms with Gasteiger partial charge in [-0.3, -0.25) is 0 Å². The number of thiazole rings is 1. The molecule has 0 fully saturated rings. The van der Waals surface area contributed by atoms with E-state index in [9.17, 15) is 4.79 Å². The molecule has 18 heavy (non-hydrogen) atoms. The van der Waals surface area contributed by atoms with Crippen molar-refractivity contribution in [2.24, 2.45) is 0 Å². The van der Waals surface area contributed by atoms with Crippen molar-refractivity contribution in [3.05, 3.63) is 34.8 Å². The number of carbonyl (C=O) groups is 1. The summed E-state index contributed by atoms with van der Waals surface area (Å²) in [6, 6.07) is 5.22. The van der Waals surface area contributed by atoms with Crippen molar-refractivity contribution in [2.45, 2.75) is 0 Å². The first-order valence-electron chi connectivity index (χ1n) is 5.09. The Labute approximate surface area is 113 Å². The second-order valence-electron chi connectivity index (χ2n) is 3.34. The van der Waals surface area contributed by atoms with E-state index in [1.54, 1.807) is 18.3 Å². The molecule has 2 aromatic rings. The quantitative estimate of drug-likeness (QED) is 0.809. The van der Waals surface area contributed by atoms with Crippen LogP contribution in [0.5, 0.6) is 5.75 Å². The predicted octanol–water partition coefficient (Wildman–Crippen LogP) is 3.02. The van der Waals surface area contributed by atoms with Gasteiger partial charge in [-0.2, -0.15) is 0 Å². The number of carbonyl (C=O) groups excluding carboxylic acids is 1. The van der Waals surface area contributed by atoms with Crippen LogP contribution >= 0.6 is 22.9 Å². The first kappa shape index (κ1) is 12.9. The average Bonchev–Trinajstić information content (AvgIpc) is 2.89. The van der Waals surface area contributed by atoms with Crippen LogP contribution < -0.4 is 4.74 Å². The molecule has 94 valence electrons.